The average molecular weight is 458 g/mol. The van der Waals surface area contributed by atoms with Gasteiger partial charge in [0, 0.05) is 49.9 Å². The van der Waals surface area contributed by atoms with Crippen molar-refractivity contribution in [3.05, 3.63) is 70.7 Å². The van der Waals surface area contributed by atoms with Crippen LogP contribution in [-0.4, -0.2) is 62.0 Å². The number of hydrogen-bond donors (Lipinski definition) is 1. The lowest BCUT2D eigenvalue weighted by molar-refractivity contribution is 0.0956. The van der Waals surface area contributed by atoms with Crippen molar-refractivity contribution in [2.24, 2.45) is 0 Å². The molecule has 0 atom stereocenters. The third kappa shape index (κ3) is 6.97. The first-order valence-electron chi connectivity index (χ1n) is 9.22. The van der Waals surface area contributed by atoms with E-state index in [4.69, 9.17) is 11.6 Å². The molecule has 0 aliphatic carbocycles. The molecule has 0 spiro atoms. The molecule has 1 heterocycles. The van der Waals surface area contributed by atoms with Crippen LogP contribution in [0.4, 0.5) is 0 Å². The number of piperazine rings is 1. The fraction of sp³-hybridized carbons (Fsp3) is 0.350. The lowest BCUT2D eigenvalue weighted by Gasteiger charge is -2.34. The summed E-state index contributed by atoms with van der Waals surface area (Å²) in [6.45, 7) is 3.23. The Bertz CT molecular complexity index is 902. The molecule has 2 aromatic rings. The highest BCUT2D eigenvalue weighted by atomic mass is 35.5. The standard InChI is InChI=1S/C20H24ClN3O3S.ClH/c21-19-8-4-7-18(15-19)20(25)22-9-14-28(26,27)24-12-10-23(11-13-24)16-17-5-2-1-3-6-17;/h1-8,15H,9-14,16H2,(H,22,25);1H. The number of rotatable bonds is 7. The summed E-state index contributed by atoms with van der Waals surface area (Å²) in [6, 6.07) is 16.7. The van der Waals surface area contributed by atoms with Crippen LogP contribution < -0.4 is 5.32 Å². The summed E-state index contributed by atoms with van der Waals surface area (Å²) in [5.41, 5.74) is 1.64. The summed E-state index contributed by atoms with van der Waals surface area (Å²) in [4.78, 5) is 14.3. The van der Waals surface area contributed by atoms with Gasteiger partial charge in [0.25, 0.3) is 5.91 Å². The number of benzene rings is 2. The van der Waals surface area contributed by atoms with Gasteiger partial charge < -0.3 is 5.32 Å². The quantitative estimate of drug-likeness (QED) is 0.693. The molecule has 0 bridgehead atoms. The van der Waals surface area contributed by atoms with Gasteiger partial charge >= 0.3 is 0 Å². The lowest BCUT2D eigenvalue weighted by atomic mass is 10.2. The molecule has 0 saturated carbocycles. The van der Waals surface area contributed by atoms with Crippen molar-refractivity contribution in [1.29, 1.82) is 0 Å². The monoisotopic (exact) mass is 457 g/mol. The van der Waals surface area contributed by atoms with Crippen LogP contribution in [0.1, 0.15) is 15.9 Å². The summed E-state index contributed by atoms with van der Waals surface area (Å²) in [5, 5.41) is 3.12. The second-order valence-corrected chi connectivity index (χ2v) is 9.27. The van der Waals surface area contributed by atoms with E-state index in [9.17, 15) is 13.2 Å². The Morgan fingerprint density at radius 2 is 1.69 bits per heavy atom. The molecule has 2 aromatic carbocycles. The van der Waals surface area contributed by atoms with Gasteiger partial charge in [-0.25, -0.2) is 8.42 Å². The van der Waals surface area contributed by atoms with Crippen molar-refractivity contribution in [2.75, 3.05) is 38.5 Å². The molecule has 1 amide bonds. The smallest absolute Gasteiger partial charge is 0.251 e. The van der Waals surface area contributed by atoms with Gasteiger partial charge in [-0.3, -0.25) is 9.69 Å². The van der Waals surface area contributed by atoms with Gasteiger partial charge in [0.15, 0.2) is 0 Å². The molecular weight excluding hydrogens is 433 g/mol. The highest BCUT2D eigenvalue weighted by Gasteiger charge is 2.26. The fourth-order valence-corrected chi connectivity index (χ4v) is 4.69. The summed E-state index contributed by atoms with van der Waals surface area (Å²) in [6.07, 6.45) is 0. The van der Waals surface area contributed by atoms with Crippen molar-refractivity contribution >= 4 is 39.9 Å². The van der Waals surface area contributed by atoms with Gasteiger partial charge in [0.2, 0.25) is 10.0 Å². The third-order valence-electron chi connectivity index (χ3n) is 4.71. The number of sulfonamides is 1. The maximum absolute atomic E-state index is 12.6. The lowest BCUT2D eigenvalue weighted by Crippen LogP contribution is -2.49. The summed E-state index contributed by atoms with van der Waals surface area (Å²) in [5.74, 6) is -0.441. The summed E-state index contributed by atoms with van der Waals surface area (Å²) < 4.78 is 26.6. The molecule has 1 fully saturated rings. The second kappa shape index (κ2) is 10.9. The zero-order valence-corrected chi connectivity index (χ0v) is 18.3. The van der Waals surface area contributed by atoms with Gasteiger partial charge in [-0.05, 0) is 23.8 Å². The van der Waals surface area contributed by atoms with Crippen LogP contribution >= 0.6 is 24.0 Å². The van der Waals surface area contributed by atoms with Crippen molar-refractivity contribution in [3.8, 4) is 0 Å². The molecule has 3 rings (SSSR count). The van der Waals surface area contributed by atoms with E-state index in [0.717, 1.165) is 6.54 Å². The maximum Gasteiger partial charge on any atom is 0.251 e. The number of carbonyl (C=O) groups is 1. The van der Waals surface area contributed by atoms with E-state index in [2.05, 4.69) is 22.3 Å². The first kappa shape index (κ1) is 23.6. The number of carbonyl (C=O) groups excluding carboxylic acids is 1. The van der Waals surface area contributed by atoms with E-state index >= 15 is 0 Å². The van der Waals surface area contributed by atoms with E-state index in [1.165, 1.54) is 9.87 Å². The highest BCUT2D eigenvalue weighted by Crippen LogP contribution is 2.12. The molecule has 1 aliphatic rings. The Kier molecular flexibility index (Phi) is 8.92. The molecule has 1 saturated heterocycles. The zero-order chi connectivity index (χ0) is 20.0. The molecule has 0 unspecified atom stereocenters. The predicted molar refractivity (Wildman–Crippen MR) is 118 cm³/mol. The molecule has 29 heavy (non-hydrogen) atoms. The van der Waals surface area contributed by atoms with Crippen molar-refractivity contribution in [3.63, 3.8) is 0 Å². The van der Waals surface area contributed by atoms with Crippen LogP contribution in [0, 0.1) is 0 Å². The second-order valence-electron chi connectivity index (χ2n) is 6.74. The van der Waals surface area contributed by atoms with Crippen molar-refractivity contribution < 1.29 is 13.2 Å². The molecule has 1 aliphatic heterocycles. The van der Waals surface area contributed by atoms with Crippen LogP contribution in [-0.2, 0) is 16.6 Å². The van der Waals surface area contributed by atoms with E-state index in [1.54, 1.807) is 24.3 Å². The van der Waals surface area contributed by atoms with Crippen LogP contribution in [0.25, 0.3) is 0 Å². The zero-order valence-electron chi connectivity index (χ0n) is 16.0. The Morgan fingerprint density at radius 1 is 1.00 bits per heavy atom. The normalized spacial score (nSPS) is 15.5. The van der Waals surface area contributed by atoms with Crippen LogP contribution in [0.2, 0.25) is 5.02 Å². The topological polar surface area (TPSA) is 69.7 Å². The largest absolute Gasteiger partial charge is 0.351 e. The first-order valence-corrected chi connectivity index (χ1v) is 11.2. The summed E-state index contributed by atoms with van der Waals surface area (Å²) in [7, 11) is -3.40. The highest BCUT2D eigenvalue weighted by molar-refractivity contribution is 7.89. The molecule has 158 valence electrons. The van der Waals surface area contributed by atoms with Crippen LogP contribution in [0.3, 0.4) is 0 Å². The van der Waals surface area contributed by atoms with Crippen molar-refractivity contribution in [2.45, 2.75) is 6.54 Å². The molecule has 1 N–H and O–H groups in total. The molecule has 9 heteroatoms. The minimum atomic E-state index is -3.40. The van der Waals surface area contributed by atoms with Crippen molar-refractivity contribution in [1.82, 2.24) is 14.5 Å². The maximum atomic E-state index is 12.6. The average Bonchev–Trinajstić information content (AvgIpc) is 2.69. The van der Waals surface area contributed by atoms with Gasteiger partial charge in [-0.15, -0.1) is 12.4 Å². The van der Waals surface area contributed by atoms with E-state index in [-0.39, 0.29) is 30.6 Å². The minimum Gasteiger partial charge on any atom is -0.351 e. The molecule has 0 radical (unpaired) electrons. The number of amides is 1. The van der Waals surface area contributed by atoms with E-state index < -0.39 is 10.0 Å². The van der Waals surface area contributed by atoms with Gasteiger partial charge in [-0.1, -0.05) is 48.0 Å². The third-order valence-corrected chi connectivity index (χ3v) is 6.81. The van der Waals surface area contributed by atoms with Crippen LogP contribution in [0.15, 0.2) is 54.6 Å². The van der Waals surface area contributed by atoms with E-state index in [0.29, 0.717) is 36.8 Å². The minimum absolute atomic E-state index is 0. The predicted octanol–water partition coefficient (Wildman–Crippen LogP) is 2.64. The number of nitrogens with one attached hydrogen (secondary N) is 1. The molecule has 6 nitrogen and oxygen atoms in total. The van der Waals surface area contributed by atoms with Crippen LogP contribution in [0.5, 0.6) is 0 Å². The molecule has 0 aromatic heterocycles. The van der Waals surface area contributed by atoms with E-state index in [1.807, 2.05) is 18.2 Å². The SMILES string of the molecule is Cl.O=C(NCCS(=O)(=O)N1CCN(Cc2ccccc2)CC1)c1cccc(Cl)c1. The Labute approximate surface area is 183 Å². The molecular formula is C20H25Cl2N3O3S. The van der Waals surface area contributed by atoms with Gasteiger partial charge in [-0.2, -0.15) is 4.31 Å². The fourth-order valence-electron chi connectivity index (χ4n) is 3.16. The van der Waals surface area contributed by atoms with Gasteiger partial charge in [0.1, 0.15) is 0 Å². The Balaban J connectivity index is 0.00000300. The number of nitrogens with zero attached hydrogens (tertiary/aromatic N) is 2. The van der Waals surface area contributed by atoms with Gasteiger partial charge in [0.05, 0.1) is 5.75 Å². The summed E-state index contributed by atoms with van der Waals surface area (Å²) >= 11 is 5.87. The first-order chi connectivity index (χ1) is 13.4. The number of hydrogen-bond acceptors (Lipinski definition) is 4. The number of halogens is 2. The Hall–Kier alpha value is -1.64. The Morgan fingerprint density at radius 3 is 2.34 bits per heavy atom.